The Morgan fingerprint density at radius 1 is 1.62 bits per heavy atom. The van der Waals surface area contributed by atoms with Gasteiger partial charge in [-0.05, 0) is 32.4 Å². The van der Waals surface area contributed by atoms with Gasteiger partial charge in [-0.1, -0.05) is 0 Å². The van der Waals surface area contributed by atoms with Gasteiger partial charge in [0.2, 0.25) is 0 Å². The van der Waals surface area contributed by atoms with Gasteiger partial charge in [0.15, 0.2) is 0 Å². The molecular weight excluding hydrogens is 204 g/mol. The van der Waals surface area contributed by atoms with E-state index in [1.165, 1.54) is 6.42 Å². The fraction of sp³-hybridized carbons (Fsp3) is 0.545. The summed E-state index contributed by atoms with van der Waals surface area (Å²) in [7, 11) is 0. The molecule has 5 heteroatoms. The molecule has 5 nitrogen and oxygen atoms in total. The first-order chi connectivity index (χ1) is 7.78. The van der Waals surface area contributed by atoms with E-state index in [1.807, 2.05) is 13.0 Å². The lowest BCUT2D eigenvalue weighted by Gasteiger charge is -2.10. The van der Waals surface area contributed by atoms with E-state index in [4.69, 9.17) is 10.00 Å². The highest BCUT2D eigenvalue weighted by atomic mass is 16.5. The van der Waals surface area contributed by atoms with Crippen LogP contribution in [0.15, 0.2) is 6.07 Å². The normalized spacial score (nSPS) is 19.4. The Hall–Kier alpha value is -1.67. The highest BCUT2D eigenvalue weighted by Crippen LogP contribution is 2.09. The number of hydrogen-bond donors (Lipinski definition) is 1. The first-order valence-corrected chi connectivity index (χ1v) is 5.40. The second kappa shape index (κ2) is 4.90. The van der Waals surface area contributed by atoms with Crippen molar-refractivity contribution in [2.45, 2.75) is 25.8 Å². The van der Waals surface area contributed by atoms with Gasteiger partial charge in [-0.2, -0.15) is 10.2 Å². The molecule has 2 heterocycles. The lowest BCUT2D eigenvalue weighted by molar-refractivity contribution is 0.256. The summed E-state index contributed by atoms with van der Waals surface area (Å²) in [6.45, 7) is 3.43. The Balaban J connectivity index is 1.98. The number of hydrogen-bond acceptors (Lipinski definition) is 5. The Labute approximate surface area is 94.5 Å². The number of aryl methyl sites for hydroxylation is 1. The smallest absolute Gasteiger partial charge is 0.317 e. The quantitative estimate of drug-likeness (QED) is 0.812. The maximum Gasteiger partial charge on any atom is 0.317 e. The average Bonchev–Trinajstić information content (AvgIpc) is 2.78. The largest absolute Gasteiger partial charge is 0.462 e. The molecule has 0 amide bonds. The van der Waals surface area contributed by atoms with E-state index < -0.39 is 0 Å². The van der Waals surface area contributed by atoms with Crippen LogP contribution in [0.3, 0.4) is 0 Å². The van der Waals surface area contributed by atoms with Crippen LogP contribution in [0, 0.1) is 18.3 Å². The number of nitriles is 1. The second-order valence-electron chi connectivity index (χ2n) is 3.89. The van der Waals surface area contributed by atoms with E-state index in [9.17, 15) is 0 Å². The van der Waals surface area contributed by atoms with Crippen LogP contribution in [0.5, 0.6) is 6.01 Å². The summed E-state index contributed by atoms with van der Waals surface area (Å²) in [6, 6.07) is 4.31. The molecule has 1 atom stereocenters. The molecule has 0 spiro atoms. The standard InChI is InChI=1S/C11H14N4O/c1-8-5-10(6-12)15-11(14-8)16-7-9-3-2-4-13-9/h5,9,13H,2-4,7H2,1H3. The highest BCUT2D eigenvalue weighted by molar-refractivity contribution is 5.23. The SMILES string of the molecule is Cc1cc(C#N)nc(OCC2CCCN2)n1. The summed E-state index contributed by atoms with van der Waals surface area (Å²) in [6.07, 6.45) is 2.31. The molecule has 2 rings (SSSR count). The lowest BCUT2D eigenvalue weighted by atomic mass is 10.2. The maximum absolute atomic E-state index is 8.76. The van der Waals surface area contributed by atoms with Crippen LogP contribution in [-0.4, -0.2) is 29.2 Å². The Bertz CT molecular complexity index is 407. The van der Waals surface area contributed by atoms with Crippen LogP contribution in [0.2, 0.25) is 0 Å². The molecule has 1 fully saturated rings. The van der Waals surface area contributed by atoms with E-state index in [1.54, 1.807) is 6.07 Å². The van der Waals surface area contributed by atoms with Crippen LogP contribution < -0.4 is 10.1 Å². The molecule has 1 aliphatic rings. The molecule has 1 N–H and O–H groups in total. The van der Waals surface area contributed by atoms with Gasteiger partial charge in [0.05, 0.1) is 0 Å². The van der Waals surface area contributed by atoms with Gasteiger partial charge >= 0.3 is 6.01 Å². The van der Waals surface area contributed by atoms with Gasteiger partial charge in [0, 0.05) is 11.7 Å². The van der Waals surface area contributed by atoms with Gasteiger partial charge in [0.1, 0.15) is 18.4 Å². The summed E-state index contributed by atoms with van der Waals surface area (Å²) in [5, 5.41) is 12.1. The van der Waals surface area contributed by atoms with Crippen LogP contribution >= 0.6 is 0 Å². The van der Waals surface area contributed by atoms with Crippen molar-refractivity contribution in [3.05, 3.63) is 17.5 Å². The van der Waals surface area contributed by atoms with Gasteiger partial charge < -0.3 is 10.1 Å². The predicted molar refractivity (Wildman–Crippen MR) is 58.0 cm³/mol. The van der Waals surface area contributed by atoms with Gasteiger partial charge in [-0.3, -0.25) is 0 Å². The molecular formula is C11H14N4O. The topological polar surface area (TPSA) is 70.8 Å². The zero-order valence-corrected chi connectivity index (χ0v) is 9.23. The van der Waals surface area contributed by atoms with E-state index in [0.29, 0.717) is 24.4 Å². The molecule has 84 valence electrons. The van der Waals surface area contributed by atoms with Crippen LogP contribution in [0.4, 0.5) is 0 Å². The Morgan fingerprint density at radius 2 is 2.50 bits per heavy atom. The van der Waals surface area contributed by atoms with E-state index >= 15 is 0 Å². The molecule has 1 aromatic rings. The monoisotopic (exact) mass is 218 g/mol. The van der Waals surface area contributed by atoms with Crippen molar-refractivity contribution in [1.29, 1.82) is 5.26 Å². The number of aromatic nitrogens is 2. The zero-order chi connectivity index (χ0) is 11.4. The first kappa shape index (κ1) is 10.8. The minimum absolute atomic E-state index is 0.297. The molecule has 0 radical (unpaired) electrons. The molecule has 0 saturated carbocycles. The van der Waals surface area contributed by atoms with Gasteiger partial charge in [-0.25, -0.2) is 4.98 Å². The summed E-state index contributed by atoms with van der Waals surface area (Å²) < 4.78 is 5.48. The third-order valence-electron chi connectivity index (χ3n) is 2.52. The molecule has 0 aromatic carbocycles. The number of rotatable bonds is 3. The first-order valence-electron chi connectivity index (χ1n) is 5.40. The summed E-state index contributed by atoms with van der Waals surface area (Å²) in [5.74, 6) is 0. The van der Waals surface area contributed by atoms with Crippen LogP contribution in [0.25, 0.3) is 0 Å². The van der Waals surface area contributed by atoms with E-state index in [-0.39, 0.29) is 0 Å². The third-order valence-corrected chi connectivity index (χ3v) is 2.52. The van der Waals surface area contributed by atoms with Crippen molar-refractivity contribution in [3.8, 4) is 12.1 Å². The molecule has 0 aliphatic carbocycles. The average molecular weight is 218 g/mol. The van der Waals surface area contributed by atoms with Crippen molar-refractivity contribution in [2.24, 2.45) is 0 Å². The number of nitrogens with zero attached hydrogens (tertiary/aromatic N) is 3. The summed E-state index contributed by atoms with van der Waals surface area (Å²) in [4.78, 5) is 8.12. The van der Waals surface area contributed by atoms with Gasteiger partial charge in [0.25, 0.3) is 0 Å². The van der Waals surface area contributed by atoms with Gasteiger partial charge in [-0.15, -0.1) is 0 Å². The van der Waals surface area contributed by atoms with Crippen molar-refractivity contribution in [3.63, 3.8) is 0 Å². The molecule has 16 heavy (non-hydrogen) atoms. The Kier molecular flexibility index (Phi) is 3.32. The van der Waals surface area contributed by atoms with Crippen molar-refractivity contribution in [2.75, 3.05) is 13.2 Å². The highest BCUT2D eigenvalue weighted by Gasteiger charge is 2.15. The number of nitrogens with one attached hydrogen (secondary N) is 1. The summed E-state index contributed by atoms with van der Waals surface area (Å²) >= 11 is 0. The molecule has 0 bridgehead atoms. The molecule has 1 aromatic heterocycles. The van der Waals surface area contributed by atoms with Crippen molar-refractivity contribution < 1.29 is 4.74 Å². The Morgan fingerprint density at radius 3 is 3.19 bits per heavy atom. The minimum atomic E-state index is 0.297. The fourth-order valence-corrected chi connectivity index (χ4v) is 1.74. The molecule has 1 unspecified atom stereocenters. The molecule has 1 saturated heterocycles. The summed E-state index contributed by atoms with van der Waals surface area (Å²) in [5.41, 5.74) is 1.10. The van der Waals surface area contributed by atoms with Crippen molar-refractivity contribution in [1.82, 2.24) is 15.3 Å². The zero-order valence-electron chi connectivity index (χ0n) is 9.23. The number of ether oxygens (including phenoxy) is 1. The second-order valence-corrected chi connectivity index (χ2v) is 3.89. The van der Waals surface area contributed by atoms with Crippen LogP contribution in [-0.2, 0) is 0 Å². The van der Waals surface area contributed by atoms with Crippen molar-refractivity contribution >= 4 is 0 Å². The lowest BCUT2D eigenvalue weighted by Crippen LogP contribution is -2.28. The van der Waals surface area contributed by atoms with E-state index in [2.05, 4.69) is 15.3 Å². The third kappa shape index (κ3) is 2.67. The maximum atomic E-state index is 8.76. The predicted octanol–water partition coefficient (Wildman–Crippen LogP) is 0.787. The minimum Gasteiger partial charge on any atom is -0.462 e. The fourth-order valence-electron chi connectivity index (χ4n) is 1.74. The van der Waals surface area contributed by atoms with Crippen LogP contribution in [0.1, 0.15) is 24.2 Å². The van der Waals surface area contributed by atoms with E-state index in [0.717, 1.165) is 18.7 Å². The molecule has 1 aliphatic heterocycles.